The summed E-state index contributed by atoms with van der Waals surface area (Å²) in [4.78, 5) is 15.2. The number of guanidine groups is 1. The van der Waals surface area contributed by atoms with Gasteiger partial charge in [0.25, 0.3) is 0 Å². The fourth-order valence-corrected chi connectivity index (χ4v) is 4.56. The molecular weight excluding hydrogens is 370 g/mol. The van der Waals surface area contributed by atoms with Crippen molar-refractivity contribution >= 4 is 31.7 Å². The first kappa shape index (κ1) is 19.2. The molecule has 1 aliphatic heterocycles. The lowest BCUT2D eigenvalue weighted by Crippen LogP contribution is -2.45. The fourth-order valence-electron chi connectivity index (χ4n) is 2.54. The Morgan fingerprint density at radius 2 is 1.76 bits per heavy atom. The van der Waals surface area contributed by atoms with E-state index in [-0.39, 0.29) is 27.9 Å². The van der Waals surface area contributed by atoms with Crippen molar-refractivity contribution in [3.63, 3.8) is 0 Å². The molecule has 0 spiro atoms. The number of carbonyl (C=O) groups is 1. The van der Waals surface area contributed by atoms with E-state index in [4.69, 9.17) is 0 Å². The van der Waals surface area contributed by atoms with Crippen molar-refractivity contribution in [2.75, 3.05) is 26.2 Å². The van der Waals surface area contributed by atoms with Crippen molar-refractivity contribution in [1.29, 1.82) is 0 Å². The Kier molecular flexibility index (Phi) is 5.37. The van der Waals surface area contributed by atoms with Crippen molar-refractivity contribution in [2.24, 2.45) is 4.99 Å². The van der Waals surface area contributed by atoms with Crippen molar-refractivity contribution in [3.05, 3.63) is 23.8 Å². The quantitative estimate of drug-likeness (QED) is 0.757. The van der Waals surface area contributed by atoms with E-state index in [2.05, 4.69) is 20.4 Å². The number of benzene rings is 1. The van der Waals surface area contributed by atoms with Gasteiger partial charge in [-0.1, -0.05) is 6.07 Å². The largest absolute Gasteiger partial charge is 0.453 e. The lowest BCUT2D eigenvalue weighted by Gasteiger charge is -2.27. The molecule has 1 aliphatic rings. The molecule has 138 valence electrons. The summed E-state index contributed by atoms with van der Waals surface area (Å²) in [7, 11) is -6.14. The molecule has 1 aromatic rings. The van der Waals surface area contributed by atoms with Crippen molar-refractivity contribution in [1.82, 2.24) is 10.6 Å². The summed E-state index contributed by atoms with van der Waals surface area (Å²) in [5.74, 6) is 0.0888. The highest BCUT2D eigenvalue weighted by atomic mass is 32.2. The summed E-state index contributed by atoms with van der Waals surface area (Å²) in [6, 6.07) is 3.46. The Labute approximate surface area is 146 Å². The van der Waals surface area contributed by atoms with Crippen LogP contribution >= 0.6 is 0 Å². The predicted molar refractivity (Wildman–Crippen MR) is 91.0 cm³/mol. The van der Waals surface area contributed by atoms with Crippen LogP contribution in [0.3, 0.4) is 0 Å². The third-order valence-electron chi connectivity index (χ3n) is 3.58. The van der Waals surface area contributed by atoms with Crippen LogP contribution in [0.25, 0.3) is 0 Å². The van der Waals surface area contributed by atoms with E-state index < -0.39 is 31.8 Å². The zero-order valence-corrected chi connectivity index (χ0v) is 15.6. The van der Waals surface area contributed by atoms with Crippen LogP contribution < -0.4 is 10.6 Å². The molecule has 0 radical (unpaired) electrons. The summed E-state index contributed by atoms with van der Waals surface area (Å²) >= 11 is 0. The molecule has 2 N–H and O–H groups in total. The molecule has 0 bridgehead atoms. The maximum absolute atomic E-state index is 12.1. The normalized spacial score (nSPS) is 18.0. The maximum atomic E-state index is 12.1. The number of sulfone groups is 2. The van der Waals surface area contributed by atoms with Crippen molar-refractivity contribution in [2.45, 2.75) is 22.3 Å². The van der Waals surface area contributed by atoms with Gasteiger partial charge in [-0.3, -0.25) is 10.3 Å². The average molecular weight is 389 g/mol. The SMILES string of the molecule is COC(=O)NC1=NCCC(c2c(S(C)(=O)=O)cccc2S(C)(=O)=O)N1. The average Bonchev–Trinajstić information content (AvgIpc) is 2.52. The summed E-state index contributed by atoms with van der Waals surface area (Å²) in [5.41, 5.74) is 0.145. The topological polar surface area (TPSA) is 131 Å². The van der Waals surface area contributed by atoms with Crippen LogP contribution in [0.15, 0.2) is 33.0 Å². The number of methoxy groups -OCH3 is 1. The van der Waals surface area contributed by atoms with Crippen LogP contribution in [0, 0.1) is 0 Å². The van der Waals surface area contributed by atoms with Crippen LogP contribution in [0.1, 0.15) is 18.0 Å². The molecular formula is C14H19N3O6S2. The molecule has 9 nitrogen and oxygen atoms in total. The van der Waals surface area contributed by atoms with Crippen LogP contribution in [-0.4, -0.2) is 55.1 Å². The Morgan fingerprint density at radius 1 is 1.20 bits per heavy atom. The van der Waals surface area contributed by atoms with E-state index in [0.29, 0.717) is 6.42 Å². The smallest absolute Gasteiger partial charge is 0.413 e. The van der Waals surface area contributed by atoms with E-state index >= 15 is 0 Å². The molecule has 25 heavy (non-hydrogen) atoms. The Bertz CT molecular complexity index is 872. The van der Waals surface area contributed by atoms with Gasteiger partial charge < -0.3 is 10.1 Å². The van der Waals surface area contributed by atoms with Gasteiger partial charge in [-0.05, 0) is 18.6 Å². The highest BCUT2D eigenvalue weighted by Gasteiger charge is 2.30. The number of rotatable bonds is 3. The zero-order valence-electron chi connectivity index (χ0n) is 13.9. The van der Waals surface area contributed by atoms with Crippen LogP contribution in [0.5, 0.6) is 0 Å². The summed E-state index contributed by atoms with van der Waals surface area (Å²) in [5, 5.41) is 5.23. The van der Waals surface area contributed by atoms with Gasteiger partial charge in [-0.2, -0.15) is 0 Å². The van der Waals surface area contributed by atoms with Crippen LogP contribution in [0.4, 0.5) is 4.79 Å². The lowest BCUT2D eigenvalue weighted by molar-refractivity contribution is 0.176. The van der Waals surface area contributed by atoms with Gasteiger partial charge in [0.15, 0.2) is 19.7 Å². The molecule has 1 atom stereocenters. The van der Waals surface area contributed by atoms with E-state index in [1.807, 2.05) is 0 Å². The van der Waals surface area contributed by atoms with Gasteiger partial charge >= 0.3 is 6.09 Å². The number of nitrogens with one attached hydrogen (secondary N) is 2. The number of hydrogen-bond acceptors (Lipinski definition) is 8. The number of amides is 1. The van der Waals surface area contributed by atoms with Gasteiger partial charge in [0.05, 0.1) is 22.9 Å². The second kappa shape index (κ2) is 7.00. The first-order valence-corrected chi connectivity index (χ1v) is 11.0. The Hall–Kier alpha value is -2.14. The fraction of sp³-hybridized carbons (Fsp3) is 0.429. The minimum atomic E-state index is -3.67. The van der Waals surface area contributed by atoms with E-state index in [1.165, 1.54) is 25.3 Å². The third-order valence-corrected chi connectivity index (χ3v) is 5.89. The Morgan fingerprint density at radius 3 is 2.24 bits per heavy atom. The molecule has 11 heteroatoms. The molecule has 1 amide bonds. The zero-order chi connectivity index (χ0) is 18.8. The minimum absolute atomic E-state index is 0.0766. The number of ether oxygens (including phenoxy) is 1. The first-order valence-electron chi connectivity index (χ1n) is 7.23. The number of nitrogens with zero attached hydrogens (tertiary/aromatic N) is 1. The van der Waals surface area contributed by atoms with Gasteiger partial charge in [-0.15, -0.1) is 0 Å². The number of alkyl carbamates (subject to hydrolysis) is 1. The highest BCUT2D eigenvalue weighted by molar-refractivity contribution is 7.91. The molecule has 0 saturated heterocycles. The molecule has 1 heterocycles. The molecule has 0 aromatic heterocycles. The third kappa shape index (κ3) is 4.48. The lowest BCUT2D eigenvalue weighted by atomic mass is 10.0. The van der Waals surface area contributed by atoms with E-state index in [0.717, 1.165) is 12.5 Å². The molecule has 1 unspecified atom stereocenters. The van der Waals surface area contributed by atoms with Gasteiger partial charge in [0.2, 0.25) is 5.96 Å². The minimum Gasteiger partial charge on any atom is -0.453 e. The first-order chi connectivity index (χ1) is 11.5. The second-order valence-corrected chi connectivity index (χ2v) is 9.51. The predicted octanol–water partition coefficient (Wildman–Crippen LogP) is 0.240. The molecule has 1 aromatic carbocycles. The van der Waals surface area contributed by atoms with E-state index in [9.17, 15) is 21.6 Å². The maximum Gasteiger partial charge on any atom is 0.413 e. The van der Waals surface area contributed by atoms with Crippen LogP contribution in [-0.2, 0) is 24.4 Å². The molecule has 0 fully saturated rings. The molecule has 0 aliphatic carbocycles. The standard InChI is InChI=1S/C14H19N3O6S2/c1-23-14(18)17-13-15-8-7-9(16-13)12-10(24(2,19)20)5-4-6-11(12)25(3,21)22/h4-6,9H,7-8H2,1-3H3,(H2,15,16,17,18). The summed E-state index contributed by atoms with van der Waals surface area (Å²) in [6.45, 7) is 0.276. The number of hydrogen-bond donors (Lipinski definition) is 2. The monoisotopic (exact) mass is 389 g/mol. The van der Waals surface area contributed by atoms with E-state index in [1.54, 1.807) is 0 Å². The molecule has 2 rings (SSSR count). The number of aliphatic imine (C=N–C) groups is 1. The van der Waals surface area contributed by atoms with Crippen molar-refractivity contribution < 1.29 is 26.4 Å². The second-order valence-electron chi connectivity index (χ2n) is 5.54. The van der Waals surface area contributed by atoms with Gasteiger partial charge in [0, 0.05) is 24.6 Å². The molecule has 0 saturated carbocycles. The highest BCUT2D eigenvalue weighted by Crippen LogP contribution is 2.32. The summed E-state index contributed by atoms with van der Waals surface area (Å²) < 4.78 is 53.0. The van der Waals surface area contributed by atoms with Gasteiger partial charge in [0.1, 0.15) is 0 Å². The van der Waals surface area contributed by atoms with Crippen LogP contribution in [0.2, 0.25) is 0 Å². The number of carbonyl (C=O) groups excluding carboxylic acids is 1. The summed E-state index contributed by atoms with van der Waals surface area (Å²) in [6.07, 6.45) is 1.65. The van der Waals surface area contributed by atoms with Crippen molar-refractivity contribution in [3.8, 4) is 0 Å². The Balaban J connectivity index is 2.54. The van der Waals surface area contributed by atoms with Gasteiger partial charge in [-0.25, -0.2) is 21.6 Å².